The van der Waals surface area contributed by atoms with Crippen LogP contribution in [0.15, 0.2) is 59.7 Å². The summed E-state index contributed by atoms with van der Waals surface area (Å²) in [5.41, 5.74) is 4.16. The number of nitrogens with zero attached hydrogens (tertiary/aromatic N) is 3. The second-order valence-corrected chi connectivity index (χ2v) is 3.85. The van der Waals surface area contributed by atoms with Crippen molar-refractivity contribution in [3.63, 3.8) is 0 Å². The molecule has 1 N–H and O–H groups in total. The molecule has 0 bridgehead atoms. The van der Waals surface area contributed by atoms with Crippen molar-refractivity contribution in [3.05, 3.63) is 70.3 Å². The molecular formula is C14H10N4O2. The summed E-state index contributed by atoms with van der Waals surface area (Å²) >= 11 is 0. The normalized spacial score (nSPS) is 10.7. The van der Waals surface area contributed by atoms with Gasteiger partial charge in [0.2, 0.25) is 0 Å². The maximum absolute atomic E-state index is 10.6. The Morgan fingerprint density at radius 3 is 2.35 bits per heavy atom. The Labute approximate surface area is 115 Å². The molecule has 0 heterocycles. The number of para-hydroxylation sites is 1. The van der Waals surface area contributed by atoms with Crippen molar-refractivity contribution in [2.75, 3.05) is 5.43 Å². The van der Waals surface area contributed by atoms with E-state index in [4.69, 9.17) is 5.26 Å². The van der Waals surface area contributed by atoms with Gasteiger partial charge in [-0.3, -0.25) is 15.5 Å². The molecule has 0 atom stereocenters. The van der Waals surface area contributed by atoms with Gasteiger partial charge in [0.05, 0.1) is 10.6 Å². The van der Waals surface area contributed by atoms with Gasteiger partial charge in [-0.1, -0.05) is 18.2 Å². The second kappa shape index (κ2) is 6.11. The number of anilines is 1. The molecular weight excluding hydrogens is 256 g/mol. The van der Waals surface area contributed by atoms with Crippen LogP contribution in [0.25, 0.3) is 0 Å². The van der Waals surface area contributed by atoms with Crippen molar-refractivity contribution in [1.29, 1.82) is 5.26 Å². The minimum Gasteiger partial charge on any atom is -0.277 e. The fourth-order valence-electron chi connectivity index (χ4n) is 1.53. The van der Waals surface area contributed by atoms with Crippen LogP contribution in [0.5, 0.6) is 0 Å². The quantitative estimate of drug-likeness (QED) is 0.523. The van der Waals surface area contributed by atoms with E-state index in [9.17, 15) is 10.1 Å². The van der Waals surface area contributed by atoms with E-state index < -0.39 is 4.92 Å². The fourth-order valence-corrected chi connectivity index (χ4v) is 1.53. The summed E-state index contributed by atoms with van der Waals surface area (Å²) < 4.78 is 0. The van der Waals surface area contributed by atoms with Crippen molar-refractivity contribution in [3.8, 4) is 6.07 Å². The number of hydrogen-bond acceptors (Lipinski definition) is 5. The molecule has 0 radical (unpaired) electrons. The molecule has 0 spiro atoms. The minimum absolute atomic E-state index is 0.0259. The topological polar surface area (TPSA) is 91.3 Å². The van der Waals surface area contributed by atoms with Gasteiger partial charge in [0.15, 0.2) is 5.71 Å². The number of rotatable bonds is 4. The molecule has 2 aromatic rings. The molecule has 0 aliphatic carbocycles. The van der Waals surface area contributed by atoms with E-state index in [0.29, 0.717) is 5.56 Å². The third-order valence-corrected chi connectivity index (χ3v) is 2.53. The Morgan fingerprint density at radius 1 is 1.15 bits per heavy atom. The first-order valence-corrected chi connectivity index (χ1v) is 5.74. The zero-order chi connectivity index (χ0) is 14.4. The highest BCUT2D eigenvalue weighted by atomic mass is 16.6. The first-order valence-electron chi connectivity index (χ1n) is 5.74. The molecule has 2 rings (SSSR count). The summed E-state index contributed by atoms with van der Waals surface area (Å²) in [5.74, 6) is 0. The van der Waals surface area contributed by atoms with Crippen molar-refractivity contribution in [2.24, 2.45) is 5.10 Å². The van der Waals surface area contributed by atoms with Gasteiger partial charge in [-0.15, -0.1) is 0 Å². The number of non-ortho nitro benzene ring substituents is 1. The molecule has 2 aromatic carbocycles. The number of nitro benzene ring substituents is 1. The summed E-state index contributed by atoms with van der Waals surface area (Å²) in [4.78, 5) is 10.1. The van der Waals surface area contributed by atoms with Crippen LogP contribution in [0.1, 0.15) is 5.56 Å². The van der Waals surface area contributed by atoms with E-state index in [1.54, 1.807) is 0 Å². The predicted octanol–water partition coefficient (Wildman–Crippen LogP) is 2.93. The molecule has 0 aliphatic heterocycles. The Balaban J connectivity index is 2.20. The largest absolute Gasteiger partial charge is 0.277 e. The van der Waals surface area contributed by atoms with Crippen LogP contribution >= 0.6 is 0 Å². The van der Waals surface area contributed by atoms with E-state index in [1.807, 2.05) is 36.4 Å². The van der Waals surface area contributed by atoms with Crippen LogP contribution in [0.3, 0.4) is 0 Å². The molecule has 0 fully saturated rings. The summed E-state index contributed by atoms with van der Waals surface area (Å²) in [6.45, 7) is 0. The number of nitro groups is 1. The fraction of sp³-hybridized carbons (Fsp3) is 0. The third kappa shape index (κ3) is 3.17. The van der Waals surface area contributed by atoms with Gasteiger partial charge in [-0.25, -0.2) is 0 Å². The lowest BCUT2D eigenvalue weighted by atomic mass is 10.1. The Morgan fingerprint density at radius 2 is 1.80 bits per heavy atom. The number of hydrazone groups is 1. The van der Waals surface area contributed by atoms with Gasteiger partial charge >= 0.3 is 0 Å². The van der Waals surface area contributed by atoms with Crippen LogP contribution in [-0.2, 0) is 0 Å². The first-order chi connectivity index (χ1) is 9.70. The van der Waals surface area contributed by atoms with Gasteiger partial charge in [0, 0.05) is 17.7 Å². The lowest BCUT2D eigenvalue weighted by Crippen LogP contribution is -2.02. The van der Waals surface area contributed by atoms with Crippen molar-refractivity contribution in [1.82, 2.24) is 0 Å². The number of benzene rings is 2. The molecule has 98 valence electrons. The maximum Gasteiger partial charge on any atom is 0.269 e. The van der Waals surface area contributed by atoms with Crippen LogP contribution in [0.4, 0.5) is 11.4 Å². The summed E-state index contributed by atoms with van der Waals surface area (Å²) in [7, 11) is 0. The Bertz CT molecular complexity index is 673. The van der Waals surface area contributed by atoms with Gasteiger partial charge in [0.1, 0.15) is 6.07 Å². The van der Waals surface area contributed by atoms with Crippen molar-refractivity contribution < 1.29 is 4.92 Å². The van der Waals surface area contributed by atoms with Gasteiger partial charge < -0.3 is 0 Å². The molecule has 20 heavy (non-hydrogen) atoms. The average molecular weight is 266 g/mol. The Kier molecular flexibility index (Phi) is 4.04. The number of nitriles is 1. The highest BCUT2D eigenvalue weighted by Crippen LogP contribution is 2.13. The van der Waals surface area contributed by atoms with Crippen LogP contribution in [0.2, 0.25) is 0 Å². The molecule has 0 unspecified atom stereocenters. The summed E-state index contributed by atoms with van der Waals surface area (Å²) in [6, 6.07) is 16.8. The average Bonchev–Trinajstić information content (AvgIpc) is 2.49. The molecule has 6 nitrogen and oxygen atoms in total. The van der Waals surface area contributed by atoms with Crippen LogP contribution < -0.4 is 5.43 Å². The van der Waals surface area contributed by atoms with Gasteiger partial charge in [-0.05, 0) is 24.3 Å². The van der Waals surface area contributed by atoms with Crippen molar-refractivity contribution in [2.45, 2.75) is 0 Å². The summed E-state index contributed by atoms with van der Waals surface area (Å²) in [6.07, 6.45) is 0. The highest BCUT2D eigenvalue weighted by molar-refractivity contribution is 6.11. The van der Waals surface area contributed by atoms with Crippen LogP contribution in [0, 0.1) is 21.4 Å². The lowest BCUT2D eigenvalue weighted by Gasteiger charge is -2.01. The minimum atomic E-state index is -0.491. The van der Waals surface area contributed by atoms with E-state index in [-0.39, 0.29) is 11.4 Å². The highest BCUT2D eigenvalue weighted by Gasteiger charge is 2.07. The van der Waals surface area contributed by atoms with E-state index in [1.165, 1.54) is 24.3 Å². The molecule has 0 amide bonds. The molecule has 6 heteroatoms. The molecule has 0 aliphatic rings. The second-order valence-electron chi connectivity index (χ2n) is 3.85. The van der Waals surface area contributed by atoms with E-state index in [0.717, 1.165) is 5.69 Å². The van der Waals surface area contributed by atoms with Gasteiger partial charge in [-0.2, -0.15) is 10.4 Å². The number of hydrogen-bond donors (Lipinski definition) is 1. The molecule has 0 saturated carbocycles. The van der Waals surface area contributed by atoms with E-state index >= 15 is 0 Å². The van der Waals surface area contributed by atoms with Gasteiger partial charge in [0.25, 0.3) is 5.69 Å². The molecule has 0 aromatic heterocycles. The first kappa shape index (κ1) is 13.2. The summed E-state index contributed by atoms with van der Waals surface area (Å²) in [5, 5.41) is 23.6. The monoisotopic (exact) mass is 266 g/mol. The smallest absolute Gasteiger partial charge is 0.269 e. The number of nitrogens with one attached hydrogen (secondary N) is 1. The van der Waals surface area contributed by atoms with Crippen molar-refractivity contribution >= 4 is 17.1 Å². The van der Waals surface area contributed by atoms with E-state index in [2.05, 4.69) is 10.5 Å². The standard InChI is InChI=1S/C14H10N4O2/c15-10-14(17-16-12-4-2-1-3-5-12)11-6-8-13(9-7-11)18(19)20/h1-9,16H/b17-14+. The lowest BCUT2D eigenvalue weighted by molar-refractivity contribution is -0.384. The Hall–Kier alpha value is -3.20. The zero-order valence-corrected chi connectivity index (χ0v) is 10.4. The zero-order valence-electron chi connectivity index (χ0n) is 10.4. The SMILES string of the molecule is N#C/C(=N\Nc1ccccc1)c1ccc([N+](=O)[O-])cc1. The molecule has 0 saturated heterocycles. The third-order valence-electron chi connectivity index (χ3n) is 2.53. The predicted molar refractivity (Wildman–Crippen MR) is 75.3 cm³/mol. The maximum atomic E-state index is 10.6. The van der Waals surface area contributed by atoms with Crippen LogP contribution in [-0.4, -0.2) is 10.6 Å².